The summed E-state index contributed by atoms with van der Waals surface area (Å²) >= 11 is 0. The van der Waals surface area contributed by atoms with Crippen LogP contribution in [0.25, 0.3) is 0 Å². The Hall–Kier alpha value is -1.44. The molecule has 18 heavy (non-hydrogen) atoms. The van der Waals surface area contributed by atoms with Crippen LogP contribution in [0.2, 0.25) is 0 Å². The van der Waals surface area contributed by atoms with Crippen LogP contribution in [0.4, 0.5) is 0 Å². The Morgan fingerprint density at radius 1 is 1.33 bits per heavy atom. The zero-order valence-electron chi connectivity index (χ0n) is 10.3. The summed E-state index contributed by atoms with van der Waals surface area (Å²) in [5.74, 6) is -0.397. The fraction of sp³-hybridized carbons (Fsp3) is 0.364. The maximum atomic E-state index is 11.8. The third-order valence-corrected chi connectivity index (χ3v) is 3.83. The average molecular weight is 271 g/mol. The summed E-state index contributed by atoms with van der Waals surface area (Å²) in [7, 11) is -2.22. The molecular weight excluding hydrogens is 254 g/mol. The molecule has 6 nitrogen and oxygen atoms in total. The Labute approximate surface area is 107 Å². The number of hydrogen-bond donors (Lipinski definition) is 3. The van der Waals surface area contributed by atoms with Gasteiger partial charge in [-0.2, -0.15) is 0 Å². The Bertz CT molecular complexity index is 509. The Kier molecular flexibility index (Phi) is 4.83. The van der Waals surface area contributed by atoms with Gasteiger partial charge in [0.25, 0.3) is 0 Å². The lowest BCUT2D eigenvalue weighted by molar-refractivity contribution is -0.119. The van der Waals surface area contributed by atoms with Gasteiger partial charge >= 0.3 is 0 Å². The highest BCUT2D eigenvalue weighted by atomic mass is 32.2. The lowest BCUT2D eigenvalue weighted by Gasteiger charge is -2.08. The molecule has 1 rings (SSSR count). The molecule has 0 bridgehead atoms. The minimum Gasteiger partial charge on any atom is -0.358 e. The fourth-order valence-electron chi connectivity index (χ4n) is 1.28. The highest BCUT2D eigenvalue weighted by Crippen LogP contribution is 2.14. The standard InChI is InChI=1S/C11H17N3O3S/c1-8(12)9-3-5-10(6-4-9)18(16,17)14-7-11(15)13-2/h3-6,8,14H,7,12H2,1-2H3,(H,13,15). The van der Waals surface area contributed by atoms with Crippen LogP contribution in [0.5, 0.6) is 0 Å². The van der Waals surface area contributed by atoms with E-state index < -0.39 is 15.9 Å². The summed E-state index contributed by atoms with van der Waals surface area (Å²) in [6.07, 6.45) is 0. The Balaban J connectivity index is 2.82. The van der Waals surface area contributed by atoms with Crippen molar-refractivity contribution < 1.29 is 13.2 Å². The molecule has 0 saturated carbocycles. The van der Waals surface area contributed by atoms with Gasteiger partial charge in [-0.3, -0.25) is 4.79 Å². The van der Waals surface area contributed by atoms with E-state index >= 15 is 0 Å². The van der Waals surface area contributed by atoms with E-state index in [1.165, 1.54) is 19.2 Å². The van der Waals surface area contributed by atoms with Gasteiger partial charge in [-0.05, 0) is 24.6 Å². The quantitative estimate of drug-likeness (QED) is 0.686. The molecule has 0 aliphatic rings. The molecule has 4 N–H and O–H groups in total. The molecule has 1 unspecified atom stereocenters. The summed E-state index contributed by atoms with van der Waals surface area (Å²) in [6.45, 7) is 1.53. The zero-order valence-corrected chi connectivity index (χ0v) is 11.1. The van der Waals surface area contributed by atoms with Crippen molar-refractivity contribution in [3.05, 3.63) is 29.8 Å². The van der Waals surface area contributed by atoms with Gasteiger partial charge < -0.3 is 11.1 Å². The molecule has 1 amide bonds. The normalized spacial score (nSPS) is 13.1. The van der Waals surface area contributed by atoms with Crippen LogP contribution in [0.15, 0.2) is 29.2 Å². The van der Waals surface area contributed by atoms with Crippen molar-refractivity contribution in [2.45, 2.75) is 17.9 Å². The van der Waals surface area contributed by atoms with Gasteiger partial charge in [-0.1, -0.05) is 12.1 Å². The number of carbonyl (C=O) groups is 1. The number of sulfonamides is 1. The topological polar surface area (TPSA) is 101 Å². The first kappa shape index (κ1) is 14.6. The summed E-state index contributed by atoms with van der Waals surface area (Å²) in [6, 6.07) is 6.08. The third-order valence-electron chi connectivity index (χ3n) is 2.42. The molecule has 0 heterocycles. The molecule has 0 aromatic heterocycles. The Morgan fingerprint density at radius 2 is 1.89 bits per heavy atom. The summed E-state index contributed by atoms with van der Waals surface area (Å²) in [4.78, 5) is 11.1. The number of nitrogens with one attached hydrogen (secondary N) is 2. The predicted molar refractivity (Wildman–Crippen MR) is 68.3 cm³/mol. The van der Waals surface area contributed by atoms with E-state index in [0.717, 1.165) is 5.56 Å². The van der Waals surface area contributed by atoms with Gasteiger partial charge in [0.15, 0.2) is 0 Å². The molecular formula is C11H17N3O3S. The maximum absolute atomic E-state index is 11.8. The van der Waals surface area contributed by atoms with Crippen LogP contribution >= 0.6 is 0 Å². The van der Waals surface area contributed by atoms with Crippen molar-refractivity contribution in [1.82, 2.24) is 10.0 Å². The highest BCUT2D eigenvalue weighted by Gasteiger charge is 2.15. The summed E-state index contributed by atoms with van der Waals surface area (Å²) < 4.78 is 25.8. The van der Waals surface area contributed by atoms with Crippen molar-refractivity contribution in [2.75, 3.05) is 13.6 Å². The number of rotatable bonds is 5. The number of benzene rings is 1. The van der Waals surface area contributed by atoms with Crippen LogP contribution in [0.3, 0.4) is 0 Å². The number of carbonyl (C=O) groups excluding carboxylic acids is 1. The lowest BCUT2D eigenvalue weighted by Crippen LogP contribution is -2.35. The van der Waals surface area contributed by atoms with Crippen molar-refractivity contribution >= 4 is 15.9 Å². The molecule has 0 fully saturated rings. The fourth-order valence-corrected chi connectivity index (χ4v) is 2.26. The van der Waals surface area contributed by atoms with Crippen LogP contribution in [0, 0.1) is 0 Å². The van der Waals surface area contributed by atoms with E-state index in [1.807, 2.05) is 6.92 Å². The maximum Gasteiger partial charge on any atom is 0.241 e. The van der Waals surface area contributed by atoms with Crippen LogP contribution in [-0.4, -0.2) is 27.9 Å². The van der Waals surface area contributed by atoms with Crippen molar-refractivity contribution in [1.29, 1.82) is 0 Å². The monoisotopic (exact) mass is 271 g/mol. The minimum atomic E-state index is -3.66. The highest BCUT2D eigenvalue weighted by molar-refractivity contribution is 7.89. The molecule has 0 spiro atoms. The molecule has 100 valence electrons. The van der Waals surface area contributed by atoms with Crippen molar-refractivity contribution in [2.24, 2.45) is 5.73 Å². The largest absolute Gasteiger partial charge is 0.358 e. The first-order valence-electron chi connectivity index (χ1n) is 5.42. The first-order chi connectivity index (χ1) is 8.36. The average Bonchev–Trinajstić information content (AvgIpc) is 2.36. The SMILES string of the molecule is CNC(=O)CNS(=O)(=O)c1ccc(C(C)N)cc1. The van der Waals surface area contributed by atoms with Gasteiger partial charge in [-0.25, -0.2) is 13.1 Å². The number of hydrogen-bond acceptors (Lipinski definition) is 4. The van der Waals surface area contributed by atoms with Gasteiger partial charge in [0, 0.05) is 13.1 Å². The second kappa shape index (κ2) is 5.94. The molecule has 1 atom stereocenters. The third kappa shape index (κ3) is 3.80. The van der Waals surface area contributed by atoms with Gasteiger partial charge in [0.1, 0.15) is 0 Å². The van der Waals surface area contributed by atoms with Crippen molar-refractivity contribution in [3.8, 4) is 0 Å². The molecule has 0 aliphatic carbocycles. The van der Waals surface area contributed by atoms with Gasteiger partial charge in [0.05, 0.1) is 11.4 Å². The summed E-state index contributed by atoms with van der Waals surface area (Å²) in [5.41, 5.74) is 6.52. The van der Waals surface area contributed by atoms with Gasteiger partial charge in [0.2, 0.25) is 15.9 Å². The zero-order chi connectivity index (χ0) is 13.8. The molecule has 1 aromatic carbocycles. The van der Waals surface area contributed by atoms with Crippen LogP contribution in [0.1, 0.15) is 18.5 Å². The van der Waals surface area contributed by atoms with Gasteiger partial charge in [-0.15, -0.1) is 0 Å². The second-order valence-electron chi connectivity index (χ2n) is 3.86. The molecule has 0 aliphatic heterocycles. The first-order valence-corrected chi connectivity index (χ1v) is 6.91. The van der Waals surface area contributed by atoms with Crippen LogP contribution in [-0.2, 0) is 14.8 Å². The van der Waals surface area contributed by atoms with E-state index in [9.17, 15) is 13.2 Å². The molecule has 0 radical (unpaired) electrons. The smallest absolute Gasteiger partial charge is 0.241 e. The molecule has 7 heteroatoms. The van der Waals surface area contributed by atoms with E-state index in [0.29, 0.717) is 0 Å². The van der Waals surface area contributed by atoms with Crippen LogP contribution < -0.4 is 15.8 Å². The summed E-state index contributed by atoms with van der Waals surface area (Å²) in [5, 5.41) is 2.33. The number of amides is 1. The number of likely N-dealkylation sites (N-methyl/N-ethyl adjacent to an activating group) is 1. The van der Waals surface area contributed by atoms with E-state index in [1.54, 1.807) is 12.1 Å². The number of nitrogens with two attached hydrogens (primary N) is 1. The van der Waals surface area contributed by atoms with E-state index in [2.05, 4.69) is 10.0 Å². The van der Waals surface area contributed by atoms with E-state index in [-0.39, 0.29) is 17.5 Å². The second-order valence-corrected chi connectivity index (χ2v) is 5.62. The lowest BCUT2D eigenvalue weighted by atomic mass is 10.1. The van der Waals surface area contributed by atoms with E-state index in [4.69, 9.17) is 5.73 Å². The Morgan fingerprint density at radius 3 is 2.33 bits per heavy atom. The minimum absolute atomic E-state index is 0.107. The predicted octanol–water partition coefficient (Wildman–Crippen LogP) is -0.269. The van der Waals surface area contributed by atoms with Crippen molar-refractivity contribution in [3.63, 3.8) is 0 Å². The molecule has 1 aromatic rings. The molecule has 0 saturated heterocycles.